The summed E-state index contributed by atoms with van der Waals surface area (Å²) in [4.78, 5) is 14.3. The van der Waals surface area contributed by atoms with Gasteiger partial charge >= 0.3 is 5.97 Å². The Bertz CT molecular complexity index is 336. The van der Waals surface area contributed by atoms with Crippen LogP contribution in [0.1, 0.15) is 16.9 Å². The van der Waals surface area contributed by atoms with E-state index in [0.717, 1.165) is 0 Å². The molecule has 0 aromatic carbocycles. The summed E-state index contributed by atoms with van der Waals surface area (Å²) in [5, 5.41) is 8.65. The van der Waals surface area contributed by atoms with E-state index in [0.29, 0.717) is 18.9 Å². The number of aromatic nitrogens is 1. The molecule has 0 unspecified atom stereocenters. The van der Waals surface area contributed by atoms with Crippen LogP contribution in [0.3, 0.4) is 0 Å². The summed E-state index contributed by atoms with van der Waals surface area (Å²) in [7, 11) is 0. The van der Waals surface area contributed by atoms with Gasteiger partial charge in [-0.1, -0.05) is 12.1 Å². The van der Waals surface area contributed by atoms with Crippen LogP contribution in [0.15, 0.2) is 30.9 Å². The fraction of sp³-hybridized carbons (Fsp3) is 0.200. The Balaban J connectivity index is 2.63. The Morgan fingerprint density at radius 1 is 1.64 bits per heavy atom. The van der Waals surface area contributed by atoms with Crippen molar-refractivity contribution in [2.75, 3.05) is 6.61 Å². The minimum Gasteiger partial charge on any atom is -0.477 e. The first-order valence-corrected chi connectivity index (χ1v) is 4.18. The number of nitrogens with zero attached hydrogens (tertiary/aromatic N) is 1. The van der Waals surface area contributed by atoms with Gasteiger partial charge < -0.3 is 9.84 Å². The van der Waals surface area contributed by atoms with Crippen LogP contribution in [0.5, 0.6) is 5.88 Å². The van der Waals surface area contributed by atoms with Crippen molar-refractivity contribution in [3.05, 3.63) is 36.5 Å². The van der Waals surface area contributed by atoms with Gasteiger partial charge in [0.15, 0.2) is 5.69 Å². The minimum absolute atomic E-state index is 0.0129. The molecule has 1 aromatic heterocycles. The Kier molecular flexibility index (Phi) is 3.67. The van der Waals surface area contributed by atoms with Crippen LogP contribution in [-0.4, -0.2) is 22.7 Å². The Hall–Kier alpha value is -1.84. The van der Waals surface area contributed by atoms with E-state index in [2.05, 4.69) is 11.6 Å². The molecule has 1 N–H and O–H groups in total. The summed E-state index contributed by atoms with van der Waals surface area (Å²) >= 11 is 0. The molecule has 0 aliphatic rings. The molecular weight excluding hydrogens is 182 g/mol. The topological polar surface area (TPSA) is 59.4 Å². The summed E-state index contributed by atoms with van der Waals surface area (Å²) in [6, 6.07) is 4.64. The minimum atomic E-state index is -1.06. The molecule has 1 heterocycles. The highest BCUT2D eigenvalue weighted by molar-refractivity contribution is 5.85. The first-order chi connectivity index (χ1) is 6.74. The number of rotatable bonds is 5. The van der Waals surface area contributed by atoms with Crippen LogP contribution < -0.4 is 4.74 Å². The Morgan fingerprint density at radius 3 is 3.07 bits per heavy atom. The molecule has 1 rings (SSSR count). The van der Waals surface area contributed by atoms with E-state index < -0.39 is 5.97 Å². The molecular formula is C10H11NO3. The Morgan fingerprint density at radius 2 is 2.43 bits per heavy atom. The zero-order chi connectivity index (χ0) is 10.4. The number of ether oxygens (including phenoxy) is 1. The van der Waals surface area contributed by atoms with E-state index in [9.17, 15) is 4.79 Å². The van der Waals surface area contributed by atoms with E-state index in [4.69, 9.17) is 9.84 Å². The third kappa shape index (κ3) is 2.90. The lowest BCUT2D eigenvalue weighted by Crippen LogP contribution is -2.03. The first kappa shape index (κ1) is 10.2. The standard InChI is InChI=1S/C10H11NO3/c1-2-3-7-14-9-6-4-5-8(11-9)10(12)13/h2,4-6H,1,3,7H2,(H,12,13). The maximum atomic E-state index is 10.5. The summed E-state index contributed by atoms with van der Waals surface area (Å²) in [6.07, 6.45) is 2.43. The zero-order valence-electron chi connectivity index (χ0n) is 7.64. The quantitative estimate of drug-likeness (QED) is 0.571. The van der Waals surface area contributed by atoms with Crippen LogP contribution in [-0.2, 0) is 0 Å². The van der Waals surface area contributed by atoms with E-state index in [1.165, 1.54) is 6.07 Å². The fourth-order valence-electron chi connectivity index (χ4n) is 0.861. The van der Waals surface area contributed by atoms with E-state index in [1.54, 1.807) is 18.2 Å². The Labute approximate surface area is 81.9 Å². The molecule has 0 fully saturated rings. The third-order valence-corrected chi connectivity index (χ3v) is 1.51. The van der Waals surface area contributed by atoms with Crippen molar-refractivity contribution in [3.8, 4) is 5.88 Å². The van der Waals surface area contributed by atoms with Crippen molar-refractivity contribution in [2.45, 2.75) is 6.42 Å². The summed E-state index contributed by atoms with van der Waals surface area (Å²) in [5.41, 5.74) is -0.0129. The second kappa shape index (κ2) is 5.01. The maximum absolute atomic E-state index is 10.5. The van der Waals surface area contributed by atoms with Gasteiger partial charge in [0.25, 0.3) is 0 Å². The second-order valence-electron chi connectivity index (χ2n) is 2.59. The lowest BCUT2D eigenvalue weighted by molar-refractivity contribution is 0.0689. The average molecular weight is 193 g/mol. The van der Waals surface area contributed by atoms with Crippen molar-refractivity contribution in [3.63, 3.8) is 0 Å². The number of aromatic carboxylic acids is 1. The van der Waals surface area contributed by atoms with Gasteiger partial charge in [0.2, 0.25) is 5.88 Å². The van der Waals surface area contributed by atoms with Crippen LogP contribution in [0, 0.1) is 0 Å². The van der Waals surface area contributed by atoms with Crippen LogP contribution >= 0.6 is 0 Å². The largest absolute Gasteiger partial charge is 0.477 e. The normalized spacial score (nSPS) is 9.43. The van der Waals surface area contributed by atoms with Gasteiger partial charge in [0.1, 0.15) is 0 Å². The monoisotopic (exact) mass is 193 g/mol. The highest BCUT2D eigenvalue weighted by Crippen LogP contribution is 2.07. The number of hydrogen-bond donors (Lipinski definition) is 1. The molecule has 0 saturated heterocycles. The lowest BCUT2D eigenvalue weighted by atomic mass is 10.3. The number of carboxylic acids is 1. The van der Waals surface area contributed by atoms with Crippen LogP contribution in [0.4, 0.5) is 0 Å². The number of hydrogen-bond acceptors (Lipinski definition) is 3. The van der Waals surface area contributed by atoms with Crippen molar-refractivity contribution in [1.82, 2.24) is 4.98 Å². The third-order valence-electron chi connectivity index (χ3n) is 1.51. The zero-order valence-corrected chi connectivity index (χ0v) is 7.64. The molecule has 0 radical (unpaired) electrons. The van der Waals surface area contributed by atoms with Crippen LogP contribution in [0.25, 0.3) is 0 Å². The van der Waals surface area contributed by atoms with E-state index >= 15 is 0 Å². The fourth-order valence-corrected chi connectivity index (χ4v) is 0.861. The highest BCUT2D eigenvalue weighted by Gasteiger charge is 2.04. The number of carboxylic acid groups (broad SMARTS) is 1. The van der Waals surface area contributed by atoms with E-state index in [-0.39, 0.29) is 5.69 Å². The average Bonchev–Trinajstić information content (AvgIpc) is 2.19. The molecule has 0 aliphatic heterocycles. The molecule has 0 spiro atoms. The highest BCUT2D eigenvalue weighted by atomic mass is 16.5. The predicted octanol–water partition coefficient (Wildman–Crippen LogP) is 1.73. The van der Waals surface area contributed by atoms with Gasteiger partial charge in [-0.2, -0.15) is 0 Å². The smallest absolute Gasteiger partial charge is 0.354 e. The number of pyridine rings is 1. The number of carbonyl (C=O) groups is 1. The van der Waals surface area contributed by atoms with E-state index in [1.807, 2.05) is 0 Å². The van der Waals surface area contributed by atoms with Crippen molar-refractivity contribution < 1.29 is 14.6 Å². The SMILES string of the molecule is C=CCCOc1cccc(C(=O)O)n1. The molecule has 14 heavy (non-hydrogen) atoms. The molecule has 74 valence electrons. The molecule has 4 nitrogen and oxygen atoms in total. The molecule has 0 aliphatic carbocycles. The molecule has 0 atom stereocenters. The molecule has 0 amide bonds. The van der Waals surface area contributed by atoms with Gasteiger partial charge in [0, 0.05) is 6.07 Å². The van der Waals surface area contributed by atoms with Crippen molar-refractivity contribution >= 4 is 5.97 Å². The summed E-state index contributed by atoms with van der Waals surface area (Å²) < 4.78 is 5.19. The summed E-state index contributed by atoms with van der Waals surface area (Å²) in [6.45, 7) is 4.00. The van der Waals surface area contributed by atoms with Gasteiger partial charge in [-0.05, 0) is 12.5 Å². The van der Waals surface area contributed by atoms with Gasteiger partial charge in [-0.3, -0.25) is 0 Å². The van der Waals surface area contributed by atoms with Crippen LogP contribution in [0.2, 0.25) is 0 Å². The molecule has 1 aromatic rings. The summed E-state index contributed by atoms with van der Waals surface area (Å²) in [5.74, 6) is -0.731. The van der Waals surface area contributed by atoms with Gasteiger partial charge in [-0.25, -0.2) is 9.78 Å². The first-order valence-electron chi connectivity index (χ1n) is 4.18. The van der Waals surface area contributed by atoms with Gasteiger partial charge in [-0.15, -0.1) is 6.58 Å². The lowest BCUT2D eigenvalue weighted by Gasteiger charge is -2.03. The molecule has 0 bridgehead atoms. The predicted molar refractivity (Wildman–Crippen MR) is 51.5 cm³/mol. The maximum Gasteiger partial charge on any atom is 0.354 e. The van der Waals surface area contributed by atoms with Crippen molar-refractivity contribution in [1.29, 1.82) is 0 Å². The van der Waals surface area contributed by atoms with Gasteiger partial charge in [0.05, 0.1) is 6.61 Å². The second-order valence-corrected chi connectivity index (χ2v) is 2.59. The van der Waals surface area contributed by atoms with Crippen molar-refractivity contribution in [2.24, 2.45) is 0 Å². The molecule has 4 heteroatoms. The molecule has 0 saturated carbocycles.